The summed E-state index contributed by atoms with van der Waals surface area (Å²) in [7, 11) is 1.22. The van der Waals surface area contributed by atoms with Crippen LogP contribution < -0.4 is 10.1 Å². The quantitative estimate of drug-likeness (QED) is 0.288. The van der Waals surface area contributed by atoms with Crippen LogP contribution in [-0.4, -0.2) is 48.2 Å². The van der Waals surface area contributed by atoms with Crippen LogP contribution in [0, 0.1) is 0 Å². The number of carbonyl (C=O) groups excluding carboxylic acids is 4. The van der Waals surface area contributed by atoms with Crippen molar-refractivity contribution in [1.29, 1.82) is 0 Å². The second kappa shape index (κ2) is 11.5. The molecule has 0 aliphatic carbocycles. The van der Waals surface area contributed by atoms with Crippen molar-refractivity contribution in [2.75, 3.05) is 25.6 Å². The summed E-state index contributed by atoms with van der Waals surface area (Å²) in [4.78, 5) is 51.3. The van der Waals surface area contributed by atoms with Gasteiger partial charge in [-0.3, -0.25) is 19.3 Å². The van der Waals surface area contributed by atoms with E-state index in [0.29, 0.717) is 17.9 Å². The molecule has 0 radical (unpaired) electrons. The van der Waals surface area contributed by atoms with Gasteiger partial charge in [0.05, 0.1) is 29.2 Å². The van der Waals surface area contributed by atoms with Gasteiger partial charge in [0, 0.05) is 11.3 Å². The zero-order valence-electron chi connectivity index (χ0n) is 20.1. The summed E-state index contributed by atoms with van der Waals surface area (Å²) in [5, 5.41) is 4.02. The van der Waals surface area contributed by atoms with Crippen molar-refractivity contribution < 1.29 is 28.7 Å². The van der Waals surface area contributed by atoms with E-state index in [4.69, 9.17) is 16.3 Å². The predicted molar refractivity (Wildman–Crippen MR) is 144 cm³/mol. The second-order valence-corrected chi connectivity index (χ2v) is 9.45. The molecule has 4 rings (SSSR count). The first-order valence-corrected chi connectivity index (χ1v) is 12.6. The number of anilines is 1. The first kappa shape index (κ1) is 26.2. The summed E-state index contributed by atoms with van der Waals surface area (Å²) in [5.41, 5.74) is 1.04. The molecule has 1 heterocycles. The van der Waals surface area contributed by atoms with Crippen molar-refractivity contribution in [3.63, 3.8) is 0 Å². The molecule has 0 atom stereocenters. The number of nitrogens with zero attached hydrogens (tertiary/aromatic N) is 1. The van der Waals surface area contributed by atoms with Gasteiger partial charge in [-0.1, -0.05) is 48.9 Å². The maximum absolute atomic E-state index is 13.1. The molecule has 1 saturated heterocycles. The molecule has 1 fully saturated rings. The number of imide groups is 1. The first-order valence-electron chi connectivity index (χ1n) is 11.4. The Labute approximate surface area is 222 Å². The van der Waals surface area contributed by atoms with E-state index in [2.05, 4.69) is 10.1 Å². The Hall–Kier alpha value is -3.82. The monoisotopic (exact) mass is 538 g/mol. The van der Waals surface area contributed by atoms with Gasteiger partial charge < -0.3 is 14.8 Å². The molecule has 1 aliphatic heterocycles. The van der Waals surface area contributed by atoms with E-state index in [1.807, 2.05) is 43.3 Å². The molecule has 0 unspecified atom stereocenters. The molecule has 37 heavy (non-hydrogen) atoms. The molecule has 3 aromatic carbocycles. The SMILES string of the molecule is CCCOc1ccc2ccccc2c1/C=C1\SC(=O)N(CC(=O)Nc2ccc(Cl)c(C(=O)OC)c2)C1=O. The van der Waals surface area contributed by atoms with Crippen LogP contribution in [0.3, 0.4) is 0 Å². The Morgan fingerprint density at radius 1 is 1.11 bits per heavy atom. The molecule has 0 saturated carbocycles. The third-order valence-electron chi connectivity index (χ3n) is 5.50. The van der Waals surface area contributed by atoms with Crippen LogP contribution >= 0.6 is 23.4 Å². The lowest BCUT2D eigenvalue weighted by Crippen LogP contribution is -2.36. The highest BCUT2D eigenvalue weighted by atomic mass is 35.5. The van der Waals surface area contributed by atoms with Gasteiger partial charge in [0.15, 0.2) is 0 Å². The number of fused-ring (bicyclic) bond motifs is 1. The summed E-state index contributed by atoms with van der Waals surface area (Å²) in [6.07, 6.45) is 2.45. The van der Waals surface area contributed by atoms with Gasteiger partial charge in [-0.15, -0.1) is 0 Å². The lowest BCUT2D eigenvalue weighted by molar-refractivity contribution is -0.127. The number of amides is 3. The molecule has 8 nitrogen and oxygen atoms in total. The minimum atomic E-state index is -0.659. The van der Waals surface area contributed by atoms with Crippen molar-refractivity contribution in [1.82, 2.24) is 4.90 Å². The lowest BCUT2D eigenvalue weighted by atomic mass is 10.0. The average molecular weight is 539 g/mol. The van der Waals surface area contributed by atoms with Crippen molar-refractivity contribution in [2.45, 2.75) is 13.3 Å². The number of halogens is 1. The number of methoxy groups -OCH3 is 1. The Bertz CT molecular complexity index is 1440. The van der Waals surface area contributed by atoms with Gasteiger partial charge in [0.2, 0.25) is 5.91 Å². The molecular weight excluding hydrogens is 516 g/mol. The fourth-order valence-electron chi connectivity index (χ4n) is 3.74. The van der Waals surface area contributed by atoms with Crippen molar-refractivity contribution in [3.05, 3.63) is 75.7 Å². The highest BCUT2D eigenvalue weighted by Crippen LogP contribution is 2.37. The van der Waals surface area contributed by atoms with Crippen LogP contribution in [0.2, 0.25) is 5.02 Å². The molecule has 3 amide bonds. The molecule has 190 valence electrons. The smallest absolute Gasteiger partial charge is 0.339 e. The number of benzene rings is 3. The average Bonchev–Trinajstić information content (AvgIpc) is 3.16. The van der Waals surface area contributed by atoms with Gasteiger partial charge in [-0.2, -0.15) is 0 Å². The van der Waals surface area contributed by atoms with E-state index in [1.165, 1.54) is 25.3 Å². The van der Waals surface area contributed by atoms with Gasteiger partial charge >= 0.3 is 5.97 Å². The molecule has 0 spiro atoms. The third-order valence-corrected chi connectivity index (χ3v) is 6.74. The summed E-state index contributed by atoms with van der Waals surface area (Å²) in [5.74, 6) is -1.24. The number of rotatable bonds is 8. The maximum atomic E-state index is 13.1. The van der Waals surface area contributed by atoms with Crippen LogP contribution in [0.1, 0.15) is 29.3 Å². The molecule has 3 aromatic rings. The van der Waals surface area contributed by atoms with E-state index in [9.17, 15) is 19.2 Å². The van der Waals surface area contributed by atoms with E-state index in [-0.39, 0.29) is 21.2 Å². The Morgan fingerprint density at radius 2 is 1.89 bits per heavy atom. The normalized spacial score (nSPS) is 14.4. The number of nitrogens with one attached hydrogen (secondary N) is 1. The molecule has 0 aromatic heterocycles. The van der Waals surface area contributed by atoms with Crippen LogP contribution in [0.25, 0.3) is 16.8 Å². The second-order valence-electron chi connectivity index (χ2n) is 8.05. The zero-order valence-corrected chi connectivity index (χ0v) is 21.7. The summed E-state index contributed by atoms with van der Waals surface area (Å²) < 4.78 is 10.6. The van der Waals surface area contributed by atoms with Gasteiger partial charge in [-0.25, -0.2) is 4.79 Å². The largest absolute Gasteiger partial charge is 0.493 e. The third kappa shape index (κ3) is 5.79. The van der Waals surface area contributed by atoms with Crippen LogP contribution in [0.5, 0.6) is 5.75 Å². The summed E-state index contributed by atoms with van der Waals surface area (Å²) in [6, 6.07) is 15.8. The number of esters is 1. The van der Waals surface area contributed by atoms with E-state index >= 15 is 0 Å². The number of thioether (sulfide) groups is 1. The number of hydrogen-bond acceptors (Lipinski definition) is 7. The fourth-order valence-corrected chi connectivity index (χ4v) is 4.76. The Morgan fingerprint density at radius 3 is 2.65 bits per heavy atom. The van der Waals surface area contributed by atoms with E-state index in [0.717, 1.165) is 33.9 Å². The fraction of sp³-hybridized carbons (Fsp3) is 0.185. The maximum Gasteiger partial charge on any atom is 0.339 e. The lowest BCUT2D eigenvalue weighted by Gasteiger charge is -2.13. The zero-order chi connectivity index (χ0) is 26.5. The standard InChI is InChI=1S/C27H23ClN2O6S/c1-3-12-36-22-11-8-16-6-4-5-7-18(16)19(22)14-23-25(32)30(27(34)37-23)15-24(31)29-17-9-10-21(28)20(13-17)26(33)35-2/h4-11,13-14H,3,12,15H2,1-2H3,(H,29,31)/b23-14-. The minimum Gasteiger partial charge on any atom is -0.493 e. The van der Waals surface area contributed by atoms with Gasteiger partial charge in [0.25, 0.3) is 11.1 Å². The molecule has 0 bridgehead atoms. The van der Waals surface area contributed by atoms with Crippen molar-refractivity contribution in [3.8, 4) is 5.75 Å². The number of hydrogen-bond donors (Lipinski definition) is 1. The van der Waals surface area contributed by atoms with Crippen LogP contribution in [0.4, 0.5) is 10.5 Å². The number of carbonyl (C=O) groups is 4. The molecule has 1 aliphatic rings. The van der Waals surface area contributed by atoms with Crippen molar-refractivity contribution in [2.24, 2.45) is 0 Å². The Kier molecular flexibility index (Phi) is 8.15. The topological polar surface area (TPSA) is 102 Å². The van der Waals surface area contributed by atoms with Crippen LogP contribution in [0.15, 0.2) is 59.5 Å². The Balaban J connectivity index is 1.55. The summed E-state index contributed by atoms with van der Waals surface area (Å²) in [6.45, 7) is 2.01. The molecule has 1 N–H and O–H groups in total. The molecule has 10 heteroatoms. The predicted octanol–water partition coefficient (Wildman–Crippen LogP) is 5.74. The highest BCUT2D eigenvalue weighted by molar-refractivity contribution is 8.18. The van der Waals surface area contributed by atoms with Gasteiger partial charge in [0.1, 0.15) is 12.3 Å². The summed E-state index contributed by atoms with van der Waals surface area (Å²) >= 11 is 6.77. The van der Waals surface area contributed by atoms with Crippen molar-refractivity contribution >= 4 is 68.9 Å². The first-order chi connectivity index (χ1) is 17.8. The number of ether oxygens (including phenoxy) is 2. The van der Waals surface area contributed by atoms with E-state index in [1.54, 1.807) is 6.08 Å². The highest BCUT2D eigenvalue weighted by Gasteiger charge is 2.36. The molecular formula is C27H23ClN2O6S. The van der Waals surface area contributed by atoms with Crippen LogP contribution in [-0.2, 0) is 14.3 Å². The minimum absolute atomic E-state index is 0.0762. The van der Waals surface area contributed by atoms with Gasteiger partial charge in [-0.05, 0) is 59.3 Å². The van der Waals surface area contributed by atoms with E-state index < -0.39 is 29.6 Å².